The predicted octanol–water partition coefficient (Wildman–Crippen LogP) is 2.31. The van der Waals surface area contributed by atoms with Crippen LogP contribution in [0.5, 0.6) is 0 Å². The van der Waals surface area contributed by atoms with Crippen LogP contribution >= 0.6 is 23.1 Å². The molecular weight excluding hydrogens is 228 g/mol. The highest BCUT2D eigenvalue weighted by Gasteiger charge is 2.47. The monoisotopic (exact) mass is 240 g/mol. The lowest BCUT2D eigenvalue weighted by Gasteiger charge is -2.17. The Hall–Kier alpha value is -0.420. The quantitative estimate of drug-likeness (QED) is 0.795. The van der Waals surface area contributed by atoms with E-state index in [4.69, 9.17) is 0 Å². The largest absolute Gasteiger partial charge is 0.298 e. The van der Waals surface area contributed by atoms with Crippen LogP contribution in [0.2, 0.25) is 0 Å². The molecule has 0 saturated heterocycles. The maximum atomic E-state index is 11.9. The Bertz CT molecular complexity index is 404. The Balaban J connectivity index is 1.76. The van der Waals surface area contributed by atoms with Crippen molar-refractivity contribution >= 4 is 28.9 Å². The van der Waals surface area contributed by atoms with E-state index in [1.165, 1.54) is 6.42 Å². The zero-order chi connectivity index (χ0) is 10.4. The van der Waals surface area contributed by atoms with Gasteiger partial charge in [-0.25, -0.2) is 0 Å². The van der Waals surface area contributed by atoms with Gasteiger partial charge in [0.1, 0.15) is 10.8 Å². The van der Waals surface area contributed by atoms with Crippen LogP contribution in [0.4, 0.5) is 0 Å². The lowest BCUT2D eigenvalue weighted by Crippen LogP contribution is -2.24. The molecule has 3 atom stereocenters. The molecule has 2 saturated carbocycles. The number of nitrogens with zero attached hydrogens (tertiary/aromatic N) is 2. The lowest BCUT2D eigenvalue weighted by molar-refractivity contribution is -0.121. The summed E-state index contributed by atoms with van der Waals surface area (Å²) in [5.74, 6) is 1.43. The molecular formula is C10H12N2OS2. The molecule has 2 aliphatic carbocycles. The molecule has 80 valence electrons. The summed E-state index contributed by atoms with van der Waals surface area (Å²) in [6.07, 6.45) is 3.47. The molecule has 1 aromatic heterocycles. The summed E-state index contributed by atoms with van der Waals surface area (Å²) in [5, 5.41) is 9.22. The van der Waals surface area contributed by atoms with Crippen LogP contribution in [0.1, 0.15) is 24.3 Å². The van der Waals surface area contributed by atoms with Crippen LogP contribution in [-0.4, -0.2) is 21.2 Å². The minimum atomic E-state index is 0.177. The Labute approximate surface area is 96.7 Å². The number of hydrogen-bond donors (Lipinski definition) is 0. The van der Waals surface area contributed by atoms with E-state index in [0.717, 1.165) is 22.2 Å². The van der Waals surface area contributed by atoms with Gasteiger partial charge in [-0.3, -0.25) is 4.79 Å². The number of carbonyl (C=O) groups is 1. The van der Waals surface area contributed by atoms with E-state index < -0.39 is 0 Å². The van der Waals surface area contributed by atoms with Gasteiger partial charge >= 0.3 is 0 Å². The minimum Gasteiger partial charge on any atom is -0.298 e. The van der Waals surface area contributed by atoms with Gasteiger partial charge in [0.2, 0.25) is 0 Å². The topological polar surface area (TPSA) is 42.9 Å². The predicted molar refractivity (Wildman–Crippen MR) is 60.1 cm³/mol. The first-order chi connectivity index (χ1) is 7.24. The first-order valence-corrected chi connectivity index (χ1v) is 6.94. The van der Waals surface area contributed by atoms with Crippen molar-refractivity contribution in [1.29, 1.82) is 0 Å². The molecule has 0 aliphatic heterocycles. The van der Waals surface area contributed by atoms with Crippen molar-refractivity contribution < 1.29 is 4.79 Å². The second-order valence-electron chi connectivity index (χ2n) is 4.30. The van der Waals surface area contributed by atoms with Crippen LogP contribution in [0, 0.1) is 18.8 Å². The highest BCUT2D eigenvalue weighted by molar-refractivity contribution is 8.02. The van der Waals surface area contributed by atoms with E-state index in [2.05, 4.69) is 10.2 Å². The normalized spacial score (nSPS) is 33.9. The average Bonchev–Trinajstić information content (AvgIpc) is 2.86. The van der Waals surface area contributed by atoms with Crippen molar-refractivity contribution in [1.82, 2.24) is 10.2 Å². The van der Waals surface area contributed by atoms with Crippen LogP contribution < -0.4 is 0 Å². The zero-order valence-corrected chi connectivity index (χ0v) is 10.1. The molecule has 1 heterocycles. The summed E-state index contributed by atoms with van der Waals surface area (Å²) in [5.41, 5.74) is 0. The number of aromatic nitrogens is 2. The third-order valence-corrected chi connectivity index (χ3v) is 5.65. The standard InChI is InChI=1S/C10H12N2OS2/c1-5-11-12-10(14-5)15-9-7-3-2-6(4-7)8(9)13/h6-7,9H,2-4H2,1H3/t6-,7+,9+/m0/s1. The first-order valence-electron chi connectivity index (χ1n) is 5.24. The van der Waals surface area contributed by atoms with Gasteiger partial charge in [0.25, 0.3) is 0 Å². The third-order valence-electron chi connectivity index (χ3n) is 3.32. The van der Waals surface area contributed by atoms with Gasteiger partial charge in [-0.2, -0.15) is 0 Å². The van der Waals surface area contributed by atoms with E-state index in [0.29, 0.717) is 17.6 Å². The second kappa shape index (κ2) is 3.56. The van der Waals surface area contributed by atoms with E-state index in [-0.39, 0.29) is 5.25 Å². The molecule has 2 aliphatic rings. The maximum Gasteiger partial charge on any atom is 0.175 e. The smallest absolute Gasteiger partial charge is 0.175 e. The van der Waals surface area contributed by atoms with Crippen molar-refractivity contribution in [2.75, 3.05) is 0 Å². The molecule has 2 fully saturated rings. The molecule has 15 heavy (non-hydrogen) atoms. The van der Waals surface area contributed by atoms with Gasteiger partial charge in [0.15, 0.2) is 4.34 Å². The van der Waals surface area contributed by atoms with E-state index in [9.17, 15) is 4.79 Å². The molecule has 0 unspecified atom stereocenters. The van der Waals surface area contributed by atoms with Gasteiger partial charge in [0.05, 0.1) is 5.25 Å². The van der Waals surface area contributed by atoms with Crippen molar-refractivity contribution in [2.24, 2.45) is 11.8 Å². The molecule has 1 aromatic rings. The summed E-state index contributed by atoms with van der Waals surface area (Å²) >= 11 is 3.23. The van der Waals surface area contributed by atoms with Gasteiger partial charge < -0.3 is 0 Å². The highest BCUT2D eigenvalue weighted by Crippen LogP contribution is 2.49. The van der Waals surface area contributed by atoms with Gasteiger partial charge in [-0.15, -0.1) is 10.2 Å². The number of Topliss-reactive ketones (excluding diaryl/α,β-unsaturated/α-hetero) is 1. The second-order valence-corrected chi connectivity index (χ2v) is 6.87. The van der Waals surface area contributed by atoms with Crippen molar-refractivity contribution in [3.05, 3.63) is 5.01 Å². The summed E-state index contributed by atoms with van der Waals surface area (Å²) in [4.78, 5) is 11.9. The van der Waals surface area contributed by atoms with Gasteiger partial charge in [0, 0.05) is 5.92 Å². The van der Waals surface area contributed by atoms with Crippen LogP contribution in [0.3, 0.4) is 0 Å². The van der Waals surface area contributed by atoms with Crippen LogP contribution in [0.25, 0.3) is 0 Å². The molecule has 2 bridgehead atoms. The average molecular weight is 240 g/mol. The van der Waals surface area contributed by atoms with Crippen molar-refractivity contribution in [3.8, 4) is 0 Å². The maximum absolute atomic E-state index is 11.9. The summed E-state index contributed by atoms with van der Waals surface area (Å²) in [7, 11) is 0. The molecule has 0 N–H and O–H groups in total. The molecule has 5 heteroatoms. The van der Waals surface area contributed by atoms with Crippen molar-refractivity contribution in [2.45, 2.75) is 35.8 Å². The Morgan fingerprint density at radius 2 is 2.27 bits per heavy atom. The van der Waals surface area contributed by atoms with Gasteiger partial charge in [-0.05, 0) is 32.1 Å². The highest BCUT2D eigenvalue weighted by atomic mass is 32.2. The Morgan fingerprint density at radius 1 is 1.40 bits per heavy atom. The fourth-order valence-electron chi connectivity index (χ4n) is 2.60. The summed E-state index contributed by atoms with van der Waals surface area (Å²) in [6, 6.07) is 0. The minimum absolute atomic E-state index is 0.177. The Morgan fingerprint density at radius 3 is 2.87 bits per heavy atom. The first kappa shape index (κ1) is 9.78. The SMILES string of the molecule is Cc1nnc(S[C@H]2C(=O)[C@H]3CC[C@@H]2C3)s1. The molecule has 0 aromatic carbocycles. The third kappa shape index (κ3) is 1.61. The fourth-order valence-corrected chi connectivity index (χ4v) is 4.94. The van der Waals surface area contributed by atoms with Crippen LogP contribution in [-0.2, 0) is 4.79 Å². The summed E-state index contributed by atoms with van der Waals surface area (Å²) in [6.45, 7) is 1.95. The number of thioether (sulfide) groups is 1. The molecule has 0 radical (unpaired) electrons. The molecule has 0 spiro atoms. The van der Waals surface area contributed by atoms with E-state index in [1.807, 2.05) is 6.92 Å². The zero-order valence-electron chi connectivity index (χ0n) is 8.47. The van der Waals surface area contributed by atoms with E-state index >= 15 is 0 Å². The number of rotatable bonds is 2. The van der Waals surface area contributed by atoms with Crippen LogP contribution in [0.15, 0.2) is 4.34 Å². The van der Waals surface area contributed by atoms with Crippen molar-refractivity contribution in [3.63, 3.8) is 0 Å². The fraction of sp³-hybridized carbons (Fsp3) is 0.700. The number of ketones is 1. The van der Waals surface area contributed by atoms with Gasteiger partial charge in [-0.1, -0.05) is 23.1 Å². The molecule has 3 nitrogen and oxygen atoms in total. The molecule has 0 amide bonds. The number of hydrogen-bond acceptors (Lipinski definition) is 5. The number of carbonyl (C=O) groups excluding carboxylic acids is 1. The molecule has 3 rings (SSSR count). The Kier molecular flexibility index (Phi) is 2.32. The summed E-state index contributed by atoms with van der Waals surface area (Å²) < 4.78 is 0.957. The van der Waals surface area contributed by atoms with E-state index in [1.54, 1.807) is 23.1 Å². The number of aryl methyl sites for hydroxylation is 1. The lowest BCUT2D eigenvalue weighted by atomic mass is 9.99. The number of fused-ring (bicyclic) bond motifs is 2.